The van der Waals surface area contributed by atoms with Crippen LogP contribution in [0.4, 0.5) is 0 Å². The number of hydrogen-bond donors (Lipinski definition) is 1. The Morgan fingerprint density at radius 1 is 0.195 bits per heavy atom. The second-order valence-corrected chi connectivity index (χ2v) is 25.5. The van der Waals surface area contributed by atoms with Crippen LogP contribution in [0.25, 0.3) is 0 Å². The van der Waals surface area contributed by atoms with Crippen LogP contribution in [-0.4, -0.2) is 61.1 Å². The number of rotatable bonds is 11. The van der Waals surface area contributed by atoms with Crippen LogP contribution in [0, 0.1) is 0 Å². The molecule has 0 atom stereocenters. The highest BCUT2D eigenvalue weighted by molar-refractivity contribution is 6.84. The molecular formula is C13HCl27O. The highest BCUT2D eigenvalue weighted by Crippen LogP contribution is 2.76. The van der Waals surface area contributed by atoms with Crippen molar-refractivity contribution in [2.45, 2.75) is 56.0 Å². The van der Waals surface area contributed by atoms with E-state index in [-0.39, 0.29) is 0 Å². The Kier molecular flexibility index (Phi) is 16.9. The summed E-state index contributed by atoms with van der Waals surface area (Å²) in [6.45, 7) is 0. The molecular weight excluding hydrogens is 1130 g/mol. The summed E-state index contributed by atoms with van der Waals surface area (Å²) in [5, 5.41) is 9.99. The van der Waals surface area contributed by atoms with Gasteiger partial charge in [0.15, 0.2) is 39.0 Å². The van der Waals surface area contributed by atoms with Crippen molar-refractivity contribution < 1.29 is 5.11 Å². The van der Waals surface area contributed by atoms with E-state index in [9.17, 15) is 5.11 Å². The van der Waals surface area contributed by atoms with Crippen LogP contribution in [0.15, 0.2) is 0 Å². The van der Waals surface area contributed by atoms with E-state index in [0.29, 0.717) is 0 Å². The van der Waals surface area contributed by atoms with Gasteiger partial charge in [-0.1, -0.05) is 313 Å². The monoisotopic (exact) mass is 1120 g/mol. The average Bonchev–Trinajstić information content (AvgIpc) is 2.70. The second kappa shape index (κ2) is 14.2. The van der Waals surface area contributed by atoms with Gasteiger partial charge in [0.25, 0.3) is 4.52 Å². The Hall–Kier alpha value is 7.79. The predicted molar refractivity (Wildman–Crippen MR) is 196 cm³/mol. The van der Waals surface area contributed by atoms with Crippen LogP contribution >= 0.6 is 313 Å². The van der Waals surface area contributed by atoms with E-state index in [0.717, 1.165) is 0 Å². The van der Waals surface area contributed by atoms with Crippen LogP contribution < -0.4 is 0 Å². The molecule has 248 valence electrons. The maximum atomic E-state index is 9.99. The van der Waals surface area contributed by atoms with Crippen molar-refractivity contribution in [1.29, 1.82) is 0 Å². The van der Waals surface area contributed by atoms with Gasteiger partial charge in [-0.05, 0) is 0 Å². The van der Waals surface area contributed by atoms with Crippen molar-refractivity contribution in [2.24, 2.45) is 0 Å². The Bertz CT molecular complexity index is 885. The summed E-state index contributed by atoms with van der Waals surface area (Å²) in [6, 6.07) is 0. The Labute approximate surface area is 368 Å². The zero-order valence-electron chi connectivity index (χ0n) is 17.2. The van der Waals surface area contributed by atoms with Crippen LogP contribution in [0.2, 0.25) is 0 Å². The molecule has 0 aliphatic heterocycles. The normalized spacial score (nSPS) is 17.3. The number of aliphatic hydroxyl groups is 1. The zero-order valence-corrected chi connectivity index (χ0v) is 37.6. The van der Waals surface area contributed by atoms with Crippen molar-refractivity contribution in [1.82, 2.24) is 0 Å². The smallest absolute Gasteiger partial charge is 0.251 e. The lowest BCUT2D eigenvalue weighted by molar-refractivity contribution is 0.181. The summed E-state index contributed by atoms with van der Waals surface area (Å²) in [6.07, 6.45) is 0. The number of alkyl halides is 27. The van der Waals surface area contributed by atoms with Gasteiger partial charge in [0.2, 0.25) is 12.5 Å². The fourth-order valence-electron chi connectivity index (χ4n) is 2.14. The third kappa shape index (κ3) is 7.47. The maximum Gasteiger partial charge on any atom is 0.251 e. The van der Waals surface area contributed by atoms with E-state index in [1.165, 1.54) is 0 Å². The van der Waals surface area contributed by atoms with E-state index in [1.54, 1.807) is 0 Å². The first-order valence-electron chi connectivity index (χ1n) is 8.33. The van der Waals surface area contributed by atoms with Gasteiger partial charge >= 0.3 is 0 Å². The summed E-state index contributed by atoms with van der Waals surface area (Å²) in [4.78, 5) is 0. The summed E-state index contributed by atoms with van der Waals surface area (Å²) in [5.74, 6) is 0. The largest absolute Gasteiger partial charge is 0.360 e. The van der Waals surface area contributed by atoms with Crippen molar-refractivity contribution >= 4 is 313 Å². The van der Waals surface area contributed by atoms with E-state index in [2.05, 4.69) is 0 Å². The molecule has 0 saturated heterocycles. The highest BCUT2D eigenvalue weighted by Gasteiger charge is 2.86. The van der Waals surface area contributed by atoms with E-state index < -0.39 is 56.0 Å². The minimum Gasteiger partial charge on any atom is -0.360 e. The first-order chi connectivity index (χ1) is 17.0. The van der Waals surface area contributed by atoms with Gasteiger partial charge in [0.05, 0.1) is 0 Å². The topological polar surface area (TPSA) is 20.2 Å². The first-order valence-corrected chi connectivity index (χ1v) is 18.5. The molecule has 0 saturated carbocycles. The Balaban J connectivity index is 7.41. The molecule has 1 nitrogen and oxygen atoms in total. The molecule has 0 aromatic carbocycles. The molecule has 0 unspecified atom stereocenters. The molecule has 0 heterocycles. The second-order valence-electron chi connectivity index (χ2n) is 7.36. The average molecular weight is 1130 g/mol. The molecule has 0 amide bonds. The molecule has 0 aliphatic rings. The SMILES string of the molecule is OC(Cl)(Cl)C(Cl)(Cl)C(Cl)(Cl)C(Cl)(Cl)C(Cl)(Cl)C(Cl)(Cl)C(Cl)(Cl)C(Cl)(Cl)C(Cl)(Cl)C(Cl)(Cl)C(Cl)(Cl)C(Cl)(Cl)C(Cl)(Cl)Cl. The molecule has 41 heavy (non-hydrogen) atoms. The van der Waals surface area contributed by atoms with Crippen LogP contribution in [-0.2, 0) is 0 Å². The molecule has 0 spiro atoms. The third-order valence-electron chi connectivity index (χ3n) is 4.68. The lowest BCUT2D eigenvalue weighted by Crippen LogP contribution is -2.74. The number of halogens is 27. The van der Waals surface area contributed by atoms with Crippen LogP contribution in [0.3, 0.4) is 0 Å². The van der Waals surface area contributed by atoms with E-state index in [4.69, 9.17) is 313 Å². The van der Waals surface area contributed by atoms with Crippen molar-refractivity contribution in [3.8, 4) is 0 Å². The lowest BCUT2D eigenvalue weighted by Gasteiger charge is -2.57. The minimum atomic E-state index is -3.47. The predicted octanol–water partition coefficient (Wildman–Crippen LogP) is 15.4. The molecule has 0 radical (unpaired) electrons. The molecule has 0 fully saturated rings. The Morgan fingerprint density at radius 2 is 0.317 bits per heavy atom. The van der Waals surface area contributed by atoms with E-state index in [1.807, 2.05) is 0 Å². The quantitative estimate of drug-likeness (QED) is 0.205. The van der Waals surface area contributed by atoms with Crippen molar-refractivity contribution in [2.75, 3.05) is 0 Å². The third-order valence-corrected chi connectivity index (χ3v) is 23.4. The minimum absolute atomic E-state index is 2.79. The van der Waals surface area contributed by atoms with Gasteiger partial charge < -0.3 is 5.11 Å². The van der Waals surface area contributed by atoms with Crippen molar-refractivity contribution in [3.63, 3.8) is 0 Å². The summed E-state index contributed by atoms with van der Waals surface area (Å²) in [7, 11) is 0. The molecule has 0 aromatic rings. The van der Waals surface area contributed by atoms with Gasteiger partial charge in [-0.3, -0.25) is 0 Å². The van der Waals surface area contributed by atoms with Gasteiger partial charge in [0, 0.05) is 0 Å². The van der Waals surface area contributed by atoms with Crippen molar-refractivity contribution in [3.05, 3.63) is 0 Å². The molecule has 28 heteroatoms. The summed E-state index contributed by atoms with van der Waals surface area (Å²) < 4.78 is -42.6. The summed E-state index contributed by atoms with van der Waals surface area (Å²) >= 11 is 166. The van der Waals surface area contributed by atoms with Gasteiger partial charge in [-0.15, -0.1) is 0 Å². The highest BCUT2D eigenvalue weighted by atomic mass is 35.6. The van der Waals surface area contributed by atoms with Crippen LogP contribution in [0.5, 0.6) is 0 Å². The first kappa shape index (κ1) is 48.8. The summed E-state index contributed by atoms with van der Waals surface area (Å²) in [5.41, 5.74) is 0. The lowest BCUT2D eigenvalue weighted by atomic mass is 9.98. The maximum absolute atomic E-state index is 9.99. The number of hydrogen-bond acceptors (Lipinski definition) is 1. The zero-order chi connectivity index (χ0) is 34.5. The molecule has 0 aromatic heterocycles. The van der Waals surface area contributed by atoms with Gasteiger partial charge in [0.1, 0.15) is 0 Å². The van der Waals surface area contributed by atoms with Crippen LogP contribution in [0.1, 0.15) is 0 Å². The van der Waals surface area contributed by atoms with Gasteiger partial charge in [-0.25, -0.2) is 0 Å². The molecule has 1 N–H and O–H groups in total. The molecule has 0 aliphatic carbocycles. The van der Waals surface area contributed by atoms with E-state index >= 15 is 0 Å². The molecule has 0 rings (SSSR count). The fourth-order valence-corrected chi connectivity index (χ4v) is 10.7. The Morgan fingerprint density at radius 3 is 0.439 bits per heavy atom. The van der Waals surface area contributed by atoms with Gasteiger partial charge in [-0.2, -0.15) is 0 Å². The fraction of sp³-hybridized carbons (Fsp3) is 1.00. The molecule has 0 bridgehead atoms. The standard InChI is InChI=1S/C13HCl27O/c14-1(15,2(16,17)4(20,21)6(24,25)8(28,29)10(32,33)12(36,37)38)3(18,19)5(22,23)7(26,27)9(30,31)11(34,35)13(39,40)41/h41H.